The number of halogens is 1. The minimum Gasteiger partial charge on any atom is -0.494 e. The smallest absolute Gasteiger partial charge is 0.262 e. The van der Waals surface area contributed by atoms with Crippen molar-refractivity contribution in [3.63, 3.8) is 0 Å². The summed E-state index contributed by atoms with van der Waals surface area (Å²) < 4.78 is 46.3. The van der Waals surface area contributed by atoms with Crippen molar-refractivity contribution in [2.45, 2.75) is 11.3 Å². The van der Waals surface area contributed by atoms with Crippen LogP contribution in [0.4, 0.5) is 10.1 Å². The van der Waals surface area contributed by atoms with Crippen LogP contribution < -0.4 is 14.8 Å². The van der Waals surface area contributed by atoms with E-state index in [9.17, 15) is 17.6 Å². The maximum atomic E-state index is 13.6. The van der Waals surface area contributed by atoms with E-state index in [1.54, 1.807) is 12.1 Å². The van der Waals surface area contributed by atoms with Gasteiger partial charge in [-0.25, -0.2) is 12.8 Å². The van der Waals surface area contributed by atoms with Gasteiger partial charge >= 0.3 is 0 Å². The van der Waals surface area contributed by atoms with Crippen LogP contribution in [0.1, 0.15) is 15.9 Å². The lowest BCUT2D eigenvalue weighted by Crippen LogP contribution is -2.27. The first kappa shape index (κ1) is 21.3. The molecule has 0 aliphatic rings. The molecule has 30 heavy (non-hydrogen) atoms. The van der Waals surface area contributed by atoms with Gasteiger partial charge in [0.25, 0.3) is 15.9 Å². The zero-order valence-electron chi connectivity index (χ0n) is 16.3. The molecule has 0 aromatic heterocycles. The summed E-state index contributed by atoms with van der Waals surface area (Å²) in [6.07, 6.45) is 0.649. The Bertz CT molecular complexity index is 1130. The molecule has 3 aromatic rings. The first-order chi connectivity index (χ1) is 14.4. The molecule has 156 valence electrons. The van der Waals surface area contributed by atoms with Crippen molar-refractivity contribution in [2.24, 2.45) is 0 Å². The average molecular weight is 428 g/mol. The van der Waals surface area contributed by atoms with Gasteiger partial charge in [-0.2, -0.15) is 0 Å². The summed E-state index contributed by atoms with van der Waals surface area (Å²) in [6.45, 7) is 0.402. The van der Waals surface area contributed by atoms with Crippen molar-refractivity contribution >= 4 is 21.6 Å². The minimum atomic E-state index is -4.06. The number of sulfonamides is 1. The van der Waals surface area contributed by atoms with Crippen molar-refractivity contribution in [1.82, 2.24) is 5.32 Å². The number of amides is 1. The molecular formula is C22H21FN2O4S. The monoisotopic (exact) mass is 428 g/mol. The van der Waals surface area contributed by atoms with E-state index in [4.69, 9.17) is 4.74 Å². The van der Waals surface area contributed by atoms with E-state index >= 15 is 0 Å². The molecule has 0 spiro atoms. The third-order valence-corrected chi connectivity index (χ3v) is 5.75. The lowest BCUT2D eigenvalue weighted by atomic mass is 10.1. The van der Waals surface area contributed by atoms with Crippen molar-refractivity contribution in [2.75, 3.05) is 18.4 Å². The van der Waals surface area contributed by atoms with Crippen LogP contribution in [0.2, 0.25) is 0 Å². The Morgan fingerprint density at radius 2 is 1.70 bits per heavy atom. The highest BCUT2D eigenvalue weighted by molar-refractivity contribution is 7.92. The number of hydrogen-bond donors (Lipinski definition) is 2. The third kappa shape index (κ3) is 5.15. The van der Waals surface area contributed by atoms with Crippen LogP contribution in [-0.4, -0.2) is 28.0 Å². The Balaban J connectivity index is 1.75. The van der Waals surface area contributed by atoms with E-state index in [2.05, 4.69) is 10.0 Å². The van der Waals surface area contributed by atoms with Gasteiger partial charge in [-0.3, -0.25) is 9.52 Å². The Kier molecular flexibility index (Phi) is 6.68. The van der Waals surface area contributed by atoms with Gasteiger partial charge in [0.15, 0.2) is 11.6 Å². The summed E-state index contributed by atoms with van der Waals surface area (Å²) in [4.78, 5) is 12.4. The molecule has 0 atom stereocenters. The van der Waals surface area contributed by atoms with Crippen molar-refractivity contribution in [1.29, 1.82) is 0 Å². The molecule has 0 aliphatic carbocycles. The van der Waals surface area contributed by atoms with E-state index < -0.39 is 21.7 Å². The van der Waals surface area contributed by atoms with Crippen LogP contribution >= 0.6 is 0 Å². The summed E-state index contributed by atoms with van der Waals surface area (Å²) >= 11 is 0. The van der Waals surface area contributed by atoms with Crippen LogP contribution in [-0.2, 0) is 16.4 Å². The van der Waals surface area contributed by atoms with Gasteiger partial charge in [-0.05, 0) is 36.2 Å². The first-order valence-corrected chi connectivity index (χ1v) is 10.7. The largest absolute Gasteiger partial charge is 0.494 e. The Labute approximate surface area is 174 Å². The molecular weight excluding hydrogens is 407 g/mol. The fourth-order valence-electron chi connectivity index (χ4n) is 2.84. The SMILES string of the molecule is COc1cc(S(=O)(=O)Nc2ccccc2C(=O)NCCc2ccccc2)ccc1F. The van der Waals surface area contributed by atoms with Crippen LogP contribution in [0, 0.1) is 5.82 Å². The number of hydrogen-bond acceptors (Lipinski definition) is 4. The predicted octanol–water partition coefficient (Wildman–Crippen LogP) is 3.61. The van der Waals surface area contributed by atoms with Crippen LogP contribution in [0.5, 0.6) is 5.75 Å². The number of carbonyl (C=O) groups excluding carboxylic acids is 1. The maximum absolute atomic E-state index is 13.6. The van der Waals surface area contributed by atoms with E-state index in [-0.39, 0.29) is 21.9 Å². The van der Waals surface area contributed by atoms with Gasteiger partial charge in [0.05, 0.1) is 23.3 Å². The Morgan fingerprint density at radius 3 is 2.43 bits per heavy atom. The number of anilines is 1. The average Bonchev–Trinajstić information content (AvgIpc) is 2.74. The van der Waals surface area contributed by atoms with Crippen LogP contribution in [0.25, 0.3) is 0 Å². The zero-order valence-corrected chi connectivity index (χ0v) is 17.1. The number of ether oxygens (including phenoxy) is 1. The quantitative estimate of drug-likeness (QED) is 0.574. The molecule has 3 aromatic carbocycles. The topological polar surface area (TPSA) is 84.5 Å². The zero-order chi connectivity index (χ0) is 21.6. The summed E-state index contributed by atoms with van der Waals surface area (Å²) in [5.41, 5.74) is 1.39. The van der Waals surface area contributed by atoms with Crippen LogP contribution in [0.3, 0.4) is 0 Å². The van der Waals surface area contributed by atoms with Crippen LogP contribution in [0.15, 0.2) is 77.7 Å². The molecule has 0 heterocycles. The van der Waals surface area contributed by atoms with E-state index in [1.807, 2.05) is 30.3 Å². The lowest BCUT2D eigenvalue weighted by molar-refractivity contribution is 0.0955. The molecule has 3 rings (SSSR count). The van der Waals surface area contributed by atoms with Gasteiger partial charge < -0.3 is 10.1 Å². The molecule has 0 aliphatic heterocycles. The number of para-hydroxylation sites is 1. The van der Waals surface area contributed by atoms with Crippen molar-refractivity contribution in [3.8, 4) is 5.75 Å². The number of carbonyl (C=O) groups is 1. The molecule has 1 amide bonds. The van der Waals surface area contributed by atoms with Gasteiger partial charge in [0.1, 0.15) is 0 Å². The summed E-state index contributed by atoms with van der Waals surface area (Å²) in [5.74, 6) is -1.26. The first-order valence-electron chi connectivity index (χ1n) is 9.18. The minimum absolute atomic E-state index is 0.123. The van der Waals surface area contributed by atoms with Crippen molar-refractivity contribution < 1.29 is 22.3 Å². The molecule has 0 fully saturated rings. The second kappa shape index (κ2) is 9.41. The van der Waals surface area contributed by atoms with E-state index in [0.29, 0.717) is 13.0 Å². The molecule has 0 radical (unpaired) electrons. The summed E-state index contributed by atoms with van der Waals surface area (Å²) in [6, 6.07) is 19.2. The lowest BCUT2D eigenvalue weighted by Gasteiger charge is -2.13. The van der Waals surface area contributed by atoms with Gasteiger partial charge in [-0.15, -0.1) is 0 Å². The fourth-order valence-corrected chi connectivity index (χ4v) is 3.94. The molecule has 8 heteroatoms. The molecule has 0 saturated carbocycles. The molecule has 2 N–H and O–H groups in total. The highest BCUT2D eigenvalue weighted by Crippen LogP contribution is 2.24. The number of methoxy groups -OCH3 is 1. The number of nitrogens with one attached hydrogen (secondary N) is 2. The van der Waals surface area contributed by atoms with Gasteiger partial charge in [0.2, 0.25) is 0 Å². The number of benzene rings is 3. The summed E-state index contributed by atoms with van der Waals surface area (Å²) in [7, 11) is -2.81. The van der Waals surface area contributed by atoms with Crippen molar-refractivity contribution in [3.05, 3.63) is 89.7 Å². The highest BCUT2D eigenvalue weighted by Gasteiger charge is 2.20. The Hall–Kier alpha value is -3.39. The maximum Gasteiger partial charge on any atom is 0.262 e. The third-order valence-electron chi connectivity index (χ3n) is 4.39. The second-order valence-corrected chi connectivity index (χ2v) is 8.12. The molecule has 6 nitrogen and oxygen atoms in total. The summed E-state index contributed by atoms with van der Waals surface area (Å²) in [5, 5.41) is 2.80. The molecule has 0 saturated heterocycles. The fraction of sp³-hybridized carbons (Fsp3) is 0.136. The van der Waals surface area contributed by atoms with Gasteiger partial charge in [0, 0.05) is 12.6 Å². The number of rotatable bonds is 8. The molecule has 0 unspecified atom stereocenters. The van der Waals surface area contributed by atoms with E-state index in [0.717, 1.165) is 23.8 Å². The molecule has 0 bridgehead atoms. The van der Waals surface area contributed by atoms with E-state index in [1.165, 1.54) is 19.2 Å². The normalized spacial score (nSPS) is 11.0. The second-order valence-electron chi connectivity index (χ2n) is 6.44. The highest BCUT2D eigenvalue weighted by atomic mass is 32.2. The van der Waals surface area contributed by atoms with Gasteiger partial charge in [-0.1, -0.05) is 42.5 Å². The standard InChI is InChI=1S/C22H21FN2O4S/c1-29-21-15-17(11-12-19(21)23)30(27,28)25-20-10-6-5-9-18(20)22(26)24-14-13-16-7-3-2-4-8-16/h2-12,15,25H,13-14H2,1H3,(H,24,26). The predicted molar refractivity (Wildman–Crippen MR) is 113 cm³/mol. The Morgan fingerprint density at radius 1 is 1.00 bits per heavy atom.